The van der Waals surface area contributed by atoms with Gasteiger partial charge < -0.3 is 15.0 Å². The van der Waals surface area contributed by atoms with Crippen LogP contribution in [0, 0.1) is 6.92 Å². The number of hydrogen-bond donors (Lipinski definition) is 1. The zero-order chi connectivity index (χ0) is 18.4. The summed E-state index contributed by atoms with van der Waals surface area (Å²) in [5, 5.41) is 2.91. The summed E-state index contributed by atoms with van der Waals surface area (Å²) in [6.45, 7) is 5.84. The number of carbonyl (C=O) groups excluding carboxylic acids is 1. The zero-order valence-electron chi connectivity index (χ0n) is 15.5. The molecule has 2 heterocycles. The van der Waals surface area contributed by atoms with Gasteiger partial charge in [-0.15, -0.1) is 0 Å². The minimum Gasteiger partial charge on any atom is -0.467 e. The number of carbonyl (C=O) groups is 1. The molecule has 0 saturated carbocycles. The lowest BCUT2D eigenvalue weighted by Gasteiger charge is -2.26. The molecular weight excluding hydrogens is 328 g/mol. The summed E-state index contributed by atoms with van der Waals surface area (Å²) in [4.78, 5) is 23.4. The van der Waals surface area contributed by atoms with E-state index >= 15 is 0 Å². The predicted octanol–water partition coefficient (Wildman–Crippen LogP) is 3.36. The number of aryl methyl sites for hydroxylation is 2. The van der Waals surface area contributed by atoms with Crippen LogP contribution in [0.15, 0.2) is 30.3 Å². The second-order valence-electron chi connectivity index (χ2n) is 6.54. The van der Waals surface area contributed by atoms with E-state index in [-0.39, 0.29) is 12.5 Å². The van der Waals surface area contributed by atoms with E-state index < -0.39 is 0 Å². The number of amides is 1. The second kappa shape index (κ2) is 8.65. The number of nitrogens with zero attached hydrogens (tertiary/aromatic N) is 3. The Morgan fingerprint density at radius 2 is 1.96 bits per heavy atom. The molecule has 0 aliphatic carbocycles. The van der Waals surface area contributed by atoms with Crippen LogP contribution in [-0.2, 0) is 11.2 Å². The number of aromatic nitrogens is 2. The van der Waals surface area contributed by atoms with E-state index in [4.69, 9.17) is 4.74 Å². The molecule has 0 spiro atoms. The van der Waals surface area contributed by atoms with Crippen LogP contribution in [0.4, 0.5) is 11.6 Å². The second-order valence-corrected chi connectivity index (χ2v) is 6.54. The summed E-state index contributed by atoms with van der Waals surface area (Å²) < 4.78 is 5.64. The highest BCUT2D eigenvalue weighted by atomic mass is 16.5. The fourth-order valence-electron chi connectivity index (χ4n) is 3.11. The molecule has 26 heavy (non-hydrogen) atoms. The molecular formula is C20H26N4O2. The summed E-state index contributed by atoms with van der Waals surface area (Å²) in [5.74, 6) is 0.940. The first-order valence-corrected chi connectivity index (χ1v) is 9.27. The highest BCUT2D eigenvalue weighted by Crippen LogP contribution is 2.20. The number of anilines is 2. The number of nitrogens with one attached hydrogen (secondary N) is 1. The molecule has 1 aromatic heterocycles. The highest BCUT2D eigenvalue weighted by molar-refractivity contribution is 5.92. The van der Waals surface area contributed by atoms with E-state index in [1.807, 2.05) is 31.2 Å². The van der Waals surface area contributed by atoms with E-state index in [1.54, 1.807) is 6.07 Å². The lowest BCUT2D eigenvalue weighted by atomic mass is 10.1. The van der Waals surface area contributed by atoms with Crippen molar-refractivity contribution in [2.45, 2.75) is 39.5 Å². The average molecular weight is 354 g/mol. The molecule has 1 aromatic carbocycles. The summed E-state index contributed by atoms with van der Waals surface area (Å²) in [6, 6.07) is 9.56. The van der Waals surface area contributed by atoms with Crippen LogP contribution in [0.3, 0.4) is 0 Å². The van der Waals surface area contributed by atoms with Gasteiger partial charge in [0.25, 0.3) is 5.91 Å². The van der Waals surface area contributed by atoms with Crippen molar-refractivity contribution < 1.29 is 9.53 Å². The highest BCUT2D eigenvalue weighted by Gasteiger charge is 2.15. The molecule has 3 rings (SSSR count). The normalized spacial score (nSPS) is 14.2. The Labute approximate surface area is 154 Å². The molecule has 1 amide bonds. The van der Waals surface area contributed by atoms with Crippen LogP contribution in [0.2, 0.25) is 0 Å². The summed E-state index contributed by atoms with van der Waals surface area (Å²) >= 11 is 0. The Bertz CT molecular complexity index is 757. The fraction of sp³-hybridized carbons (Fsp3) is 0.450. The molecule has 0 atom stereocenters. The molecule has 1 saturated heterocycles. The summed E-state index contributed by atoms with van der Waals surface area (Å²) in [5.41, 5.74) is 2.77. The number of piperidine rings is 1. The van der Waals surface area contributed by atoms with Gasteiger partial charge >= 0.3 is 0 Å². The first-order valence-electron chi connectivity index (χ1n) is 9.27. The van der Waals surface area contributed by atoms with Crippen molar-refractivity contribution in [2.24, 2.45) is 0 Å². The maximum absolute atomic E-state index is 12.2. The Morgan fingerprint density at radius 1 is 1.19 bits per heavy atom. The van der Waals surface area contributed by atoms with Gasteiger partial charge in [-0.25, -0.2) is 4.98 Å². The van der Waals surface area contributed by atoms with E-state index in [2.05, 4.69) is 27.1 Å². The Balaban J connectivity index is 1.62. The number of hydrogen-bond acceptors (Lipinski definition) is 5. The van der Waals surface area contributed by atoms with E-state index in [1.165, 1.54) is 6.42 Å². The van der Waals surface area contributed by atoms with E-state index in [0.717, 1.165) is 49.3 Å². The monoisotopic (exact) mass is 354 g/mol. The average Bonchev–Trinajstić information content (AvgIpc) is 2.67. The number of rotatable bonds is 6. The summed E-state index contributed by atoms with van der Waals surface area (Å²) in [6.07, 6.45) is 4.44. The number of benzene rings is 1. The van der Waals surface area contributed by atoms with Crippen molar-refractivity contribution in [2.75, 3.05) is 29.9 Å². The van der Waals surface area contributed by atoms with Crippen molar-refractivity contribution in [1.82, 2.24) is 9.97 Å². The Kier molecular flexibility index (Phi) is 6.04. The maximum Gasteiger partial charge on any atom is 0.262 e. The van der Waals surface area contributed by atoms with Gasteiger partial charge in [0.2, 0.25) is 11.8 Å². The molecule has 6 heteroatoms. The van der Waals surface area contributed by atoms with Crippen LogP contribution in [0.25, 0.3) is 0 Å². The van der Waals surface area contributed by atoms with Crippen molar-refractivity contribution in [3.8, 4) is 5.88 Å². The van der Waals surface area contributed by atoms with E-state index in [9.17, 15) is 4.79 Å². The predicted molar refractivity (Wildman–Crippen MR) is 103 cm³/mol. The quantitative estimate of drug-likeness (QED) is 0.862. The molecule has 1 aliphatic rings. The molecule has 138 valence electrons. The Hall–Kier alpha value is -2.63. The van der Waals surface area contributed by atoms with Crippen LogP contribution in [-0.4, -0.2) is 35.6 Å². The minimum absolute atomic E-state index is 0.0755. The van der Waals surface area contributed by atoms with Gasteiger partial charge in [-0.3, -0.25) is 4.79 Å². The standard InChI is InChI=1S/C20H26N4O2/c1-3-16-9-5-6-10-17(16)22-18(25)14-26-19-13-15(2)21-20(23-19)24-11-7-4-8-12-24/h5-6,9-10,13H,3-4,7-8,11-12,14H2,1-2H3,(H,22,25). The molecule has 0 bridgehead atoms. The third-order valence-electron chi connectivity index (χ3n) is 4.48. The van der Waals surface area contributed by atoms with Gasteiger partial charge in [-0.05, 0) is 44.2 Å². The van der Waals surface area contributed by atoms with Gasteiger partial charge in [0.1, 0.15) is 0 Å². The third kappa shape index (κ3) is 4.71. The first-order chi connectivity index (χ1) is 12.7. The van der Waals surface area contributed by atoms with Gasteiger partial charge in [0, 0.05) is 30.5 Å². The van der Waals surface area contributed by atoms with Crippen molar-refractivity contribution >= 4 is 17.5 Å². The van der Waals surface area contributed by atoms with Crippen LogP contribution >= 0.6 is 0 Å². The van der Waals surface area contributed by atoms with Crippen LogP contribution < -0.4 is 15.0 Å². The molecule has 1 N–H and O–H groups in total. The maximum atomic E-state index is 12.2. The largest absolute Gasteiger partial charge is 0.467 e. The molecule has 1 fully saturated rings. The molecule has 0 radical (unpaired) electrons. The van der Waals surface area contributed by atoms with Gasteiger partial charge in [0.05, 0.1) is 0 Å². The molecule has 6 nitrogen and oxygen atoms in total. The Morgan fingerprint density at radius 3 is 2.73 bits per heavy atom. The zero-order valence-corrected chi connectivity index (χ0v) is 15.5. The molecule has 2 aromatic rings. The van der Waals surface area contributed by atoms with Crippen molar-refractivity contribution in [1.29, 1.82) is 0 Å². The van der Waals surface area contributed by atoms with Crippen molar-refractivity contribution in [3.05, 3.63) is 41.6 Å². The van der Waals surface area contributed by atoms with Gasteiger partial charge in [0.15, 0.2) is 6.61 Å². The topological polar surface area (TPSA) is 67.3 Å². The van der Waals surface area contributed by atoms with Gasteiger partial charge in [-0.2, -0.15) is 4.98 Å². The smallest absolute Gasteiger partial charge is 0.262 e. The molecule has 0 unspecified atom stereocenters. The van der Waals surface area contributed by atoms with Crippen LogP contribution in [0.1, 0.15) is 37.4 Å². The lowest BCUT2D eigenvalue weighted by molar-refractivity contribution is -0.118. The minimum atomic E-state index is -0.193. The first kappa shape index (κ1) is 18.2. The van der Waals surface area contributed by atoms with Crippen LogP contribution in [0.5, 0.6) is 5.88 Å². The lowest BCUT2D eigenvalue weighted by Crippen LogP contribution is -2.31. The number of ether oxygens (including phenoxy) is 1. The third-order valence-corrected chi connectivity index (χ3v) is 4.48. The SMILES string of the molecule is CCc1ccccc1NC(=O)COc1cc(C)nc(N2CCCCC2)n1. The fourth-order valence-corrected chi connectivity index (χ4v) is 3.11. The summed E-state index contributed by atoms with van der Waals surface area (Å²) in [7, 11) is 0. The molecule has 1 aliphatic heterocycles. The van der Waals surface area contributed by atoms with E-state index in [0.29, 0.717) is 11.8 Å². The van der Waals surface area contributed by atoms with Gasteiger partial charge in [-0.1, -0.05) is 25.1 Å². The van der Waals surface area contributed by atoms with Crippen molar-refractivity contribution in [3.63, 3.8) is 0 Å². The number of para-hydroxylation sites is 1.